The quantitative estimate of drug-likeness (QED) is 0.666. The van der Waals surface area contributed by atoms with Crippen LogP contribution in [0.3, 0.4) is 0 Å². The van der Waals surface area contributed by atoms with Crippen molar-refractivity contribution in [1.29, 1.82) is 0 Å². The highest BCUT2D eigenvalue weighted by Gasteiger charge is 2.18. The summed E-state index contributed by atoms with van der Waals surface area (Å²) >= 11 is 1.38. The molecule has 0 saturated heterocycles. The summed E-state index contributed by atoms with van der Waals surface area (Å²) in [4.78, 5) is 30.7. The number of aromatic nitrogens is 2. The maximum atomic E-state index is 13.3. The Hall–Kier alpha value is -3.13. The van der Waals surface area contributed by atoms with Crippen LogP contribution in [0.15, 0.2) is 59.9 Å². The largest absolute Gasteiger partial charge is 0.345 e. The molecule has 28 heavy (non-hydrogen) atoms. The number of rotatable bonds is 5. The minimum absolute atomic E-state index is 0.155. The van der Waals surface area contributed by atoms with E-state index in [0.29, 0.717) is 27.8 Å². The van der Waals surface area contributed by atoms with Gasteiger partial charge in [-0.25, -0.2) is 9.37 Å². The molecule has 0 atom stereocenters. The number of carbonyl (C=O) groups is 2. The number of imidazole rings is 1. The van der Waals surface area contributed by atoms with Crippen LogP contribution in [-0.2, 0) is 0 Å². The summed E-state index contributed by atoms with van der Waals surface area (Å²) in [6.07, 6.45) is 3.32. The molecule has 8 heteroatoms. The van der Waals surface area contributed by atoms with Crippen molar-refractivity contribution in [2.45, 2.75) is 5.16 Å². The Morgan fingerprint density at radius 2 is 1.86 bits per heavy atom. The summed E-state index contributed by atoms with van der Waals surface area (Å²) < 4.78 is 14.9. The van der Waals surface area contributed by atoms with Gasteiger partial charge in [0, 0.05) is 31.0 Å². The van der Waals surface area contributed by atoms with Gasteiger partial charge in [-0.3, -0.25) is 14.2 Å². The van der Waals surface area contributed by atoms with Crippen molar-refractivity contribution in [3.8, 4) is 5.69 Å². The third kappa shape index (κ3) is 4.07. The number of anilines is 1. The molecule has 0 aliphatic carbocycles. The van der Waals surface area contributed by atoms with Gasteiger partial charge in [-0.1, -0.05) is 17.8 Å². The summed E-state index contributed by atoms with van der Waals surface area (Å²) in [6.45, 7) is 0. The van der Waals surface area contributed by atoms with Gasteiger partial charge in [-0.2, -0.15) is 0 Å². The molecule has 0 fully saturated rings. The number of nitrogens with one attached hydrogen (secondary N) is 1. The van der Waals surface area contributed by atoms with Crippen LogP contribution in [-0.4, -0.2) is 46.6 Å². The molecular weight excluding hydrogens is 379 g/mol. The van der Waals surface area contributed by atoms with Crippen LogP contribution in [0.25, 0.3) is 5.69 Å². The fourth-order valence-electron chi connectivity index (χ4n) is 2.66. The first-order chi connectivity index (χ1) is 13.4. The molecule has 6 nitrogen and oxygen atoms in total. The van der Waals surface area contributed by atoms with Gasteiger partial charge in [0.25, 0.3) is 11.8 Å². The Kier molecular flexibility index (Phi) is 5.79. The molecule has 0 unspecified atom stereocenters. The standard InChI is InChI=1S/C20H19FN4O2S/c1-24(2)19(27)13-5-4-6-15(11-13)23-18(26)17-12-22-20(28-3)25(17)16-9-7-14(21)8-10-16/h4-12H,1-3H3,(H,23,26). The summed E-state index contributed by atoms with van der Waals surface area (Å²) in [5, 5.41) is 3.40. The smallest absolute Gasteiger partial charge is 0.274 e. The predicted octanol–water partition coefficient (Wildman–Crippen LogP) is 3.69. The molecule has 0 spiro atoms. The summed E-state index contributed by atoms with van der Waals surface area (Å²) in [5.74, 6) is -0.897. The average Bonchev–Trinajstić information content (AvgIpc) is 3.12. The first kappa shape index (κ1) is 19.6. The minimum Gasteiger partial charge on any atom is -0.345 e. The number of thioether (sulfide) groups is 1. The highest BCUT2D eigenvalue weighted by Crippen LogP contribution is 2.23. The lowest BCUT2D eigenvalue weighted by molar-refractivity contribution is 0.0827. The minimum atomic E-state index is -0.383. The zero-order valence-electron chi connectivity index (χ0n) is 15.6. The number of amides is 2. The Balaban J connectivity index is 1.92. The number of nitrogens with zero attached hydrogens (tertiary/aromatic N) is 3. The summed E-state index contributed by atoms with van der Waals surface area (Å²) in [7, 11) is 3.33. The highest BCUT2D eigenvalue weighted by molar-refractivity contribution is 7.98. The zero-order chi connectivity index (χ0) is 20.3. The van der Waals surface area contributed by atoms with E-state index in [0.717, 1.165) is 0 Å². The third-order valence-corrected chi connectivity index (χ3v) is 4.66. The molecule has 1 N–H and O–H groups in total. The van der Waals surface area contributed by atoms with Crippen molar-refractivity contribution >= 4 is 29.3 Å². The lowest BCUT2D eigenvalue weighted by Gasteiger charge is -2.13. The second kappa shape index (κ2) is 8.26. The second-order valence-corrected chi connectivity index (χ2v) is 6.95. The van der Waals surface area contributed by atoms with Crippen molar-refractivity contribution < 1.29 is 14.0 Å². The number of carbonyl (C=O) groups excluding carboxylic acids is 2. The third-order valence-electron chi connectivity index (χ3n) is 4.00. The molecule has 2 amide bonds. The van der Waals surface area contributed by atoms with Crippen LogP contribution in [0.1, 0.15) is 20.8 Å². The molecule has 0 bridgehead atoms. The van der Waals surface area contributed by atoms with Crippen LogP contribution in [0.4, 0.5) is 10.1 Å². The van der Waals surface area contributed by atoms with Crippen molar-refractivity contribution in [3.63, 3.8) is 0 Å². The van der Waals surface area contributed by atoms with Gasteiger partial charge in [0.15, 0.2) is 5.16 Å². The van der Waals surface area contributed by atoms with Gasteiger partial charge in [0.1, 0.15) is 11.5 Å². The molecule has 0 saturated carbocycles. The Morgan fingerprint density at radius 3 is 2.50 bits per heavy atom. The summed E-state index contributed by atoms with van der Waals surface area (Å²) in [6, 6.07) is 12.6. The fraction of sp³-hybridized carbons (Fsp3) is 0.150. The number of halogens is 1. The van der Waals surface area contributed by atoms with E-state index in [-0.39, 0.29) is 17.6 Å². The normalized spacial score (nSPS) is 10.6. The fourth-order valence-corrected chi connectivity index (χ4v) is 3.21. The van der Waals surface area contributed by atoms with Gasteiger partial charge < -0.3 is 10.2 Å². The molecule has 144 valence electrons. The van der Waals surface area contributed by atoms with Gasteiger partial charge in [-0.05, 0) is 48.7 Å². The van der Waals surface area contributed by atoms with Crippen LogP contribution in [0.2, 0.25) is 0 Å². The van der Waals surface area contributed by atoms with Crippen LogP contribution in [0.5, 0.6) is 0 Å². The second-order valence-electron chi connectivity index (χ2n) is 6.18. The van der Waals surface area contributed by atoms with E-state index in [4.69, 9.17) is 0 Å². The molecule has 0 aliphatic rings. The van der Waals surface area contributed by atoms with Crippen LogP contribution >= 0.6 is 11.8 Å². The lowest BCUT2D eigenvalue weighted by Crippen LogP contribution is -2.22. The molecule has 3 aromatic rings. The zero-order valence-corrected chi connectivity index (χ0v) is 16.5. The Morgan fingerprint density at radius 1 is 1.14 bits per heavy atom. The van der Waals surface area contributed by atoms with Crippen molar-refractivity contribution in [1.82, 2.24) is 14.5 Å². The van der Waals surface area contributed by atoms with E-state index < -0.39 is 0 Å². The van der Waals surface area contributed by atoms with Crippen molar-refractivity contribution in [2.24, 2.45) is 0 Å². The monoisotopic (exact) mass is 398 g/mol. The van der Waals surface area contributed by atoms with Crippen LogP contribution in [0, 0.1) is 5.82 Å². The highest BCUT2D eigenvalue weighted by atomic mass is 32.2. The lowest BCUT2D eigenvalue weighted by atomic mass is 10.2. The number of benzene rings is 2. The number of hydrogen-bond donors (Lipinski definition) is 1. The molecule has 2 aromatic carbocycles. The first-order valence-electron chi connectivity index (χ1n) is 8.41. The first-order valence-corrected chi connectivity index (χ1v) is 9.64. The van der Waals surface area contributed by atoms with Crippen molar-refractivity contribution in [3.05, 3.63) is 71.8 Å². The van der Waals surface area contributed by atoms with E-state index in [9.17, 15) is 14.0 Å². The average molecular weight is 398 g/mol. The molecule has 0 aliphatic heterocycles. The van der Waals surface area contributed by atoms with E-state index in [1.54, 1.807) is 55.1 Å². The van der Waals surface area contributed by atoms with E-state index in [1.807, 2.05) is 6.26 Å². The molecular formula is C20H19FN4O2S. The molecule has 1 aromatic heterocycles. The van der Waals surface area contributed by atoms with Crippen LogP contribution < -0.4 is 5.32 Å². The van der Waals surface area contributed by atoms with Crippen molar-refractivity contribution in [2.75, 3.05) is 25.7 Å². The maximum absolute atomic E-state index is 13.3. The maximum Gasteiger partial charge on any atom is 0.274 e. The Bertz CT molecular complexity index is 1020. The van der Waals surface area contributed by atoms with Gasteiger partial charge in [-0.15, -0.1) is 0 Å². The topological polar surface area (TPSA) is 67.2 Å². The Labute approximate surface area is 166 Å². The SMILES string of the molecule is CSc1ncc(C(=O)Nc2cccc(C(=O)N(C)C)c2)n1-c1ccc(F)cc1. The molecule has 3 rings (SSSR count). The number of hydrogen-bond acceptors (Lipinski definition) is 4. The summed E-state index contributed by atoms with van der Waals surface area (Å²) in [5.41, 5.74) is 1.90. The van der Waals surface area contributed by atoms with Gasteiger partial charge >= 0.3 is 0 Å². The van der Waals surface area contributed by atoms with E-state index >= 15 is 0 Å². The molecule has 1 heterocycles. The predicted molar refractivity (Wildman–Crippen MR) is 108 cm³/mol. The van der Waals surface area contributed by atoms with E-state index in [1.165, 1.54) is 35.0 Å². The van der Waals surface area contributed by atoms with E-state index in [2.05, 4.69) is 10.3 Å². The van der Waals surface area contributed by atoms with Gasteiger partial charge in [0.2, 0.25) is 0 Å². The molecule has 0 radical (unpaired) electrons. The van der Waals surface area contributed by atoms with Gasteiger partial charge in [0.05, 0.1) is 6.20 Å².